The minimum Gasteiger partial charge on any atom is -0.296 e. The van der Waals surface area contributed by atoms with Gasteiger partial charge in [-0.2, -0.15) is 0 Å². The van der Waals surface area contributed by atoms with Crippen molar-refractivity contribution in [3.8, 4) is 22.5 Å². The number of nitrogens with zero attached hydrogens (tertiary/aromatic N) is 6. The third-order valence-corrected chi connectivity index (χ3v) is 7.08. The lowest BCUT2D eigenvalue weighted by molar-refractivity contribution is 0.327. The Labute approximate surface area is 205 Å². The second kappa shape index (κ2) is 9.24. The summed E-state index contributed by atoms with van der Waals surface area (Å²) in [7, 11) is 0. The fourth-order valence-corrected chi connectivity index (χ4v) is 4.99. The van der Waals surface area contributed by atoms with E-state index in [2.05, 4.69) is 60.6 Å². The first-order valence-electron chi connectivity index (χ1n) is 12.5. The maximum atomic E-state index is 13.5. The summed E-state index contributed by atoms with van der Waals surface area (Å²) in [6, 6.07) is 12.3. The van der Waals surface area contributed by atoms with Crippen LogP contribution in [0.25, 0.3) is 22.5 Å². The molecule has 2 unspecified atom stereocenters. The fourth-order valence-electron chi connectivity index (χ4n) is 4.99. The Kier molecular flexibility index (Phi) is 6.13. The maximum Gasteiger partial charge on any atom is 0.328 e. The molecule has 1 saturated carbocycles. The number of H-pyrrole nitrogens is 1. The second-order valence-corrected chi connectivity index (χ2v) is 10.6. The van der Waals surface area contributed by atoms with E-state index in [0.717, 1.165) is 53.8 Å². The van der Waals surface area contributed by atoms with Crippen LogP contribution in [-0.4, -0.2) is 34.7 Å². The van der Waals surface area contributed by atoms with Gasteiger partial charge in [0.15, 0.2) is 5.82 Å². The van der Waals surface area contributed by atoms with E-state index < -0.39 is 0 Å². The molecule has 0 saturated heterocycles. The minimum absolute atomic E-state index is 0.0851. The summed E-state index contributed by atoms with van der Waals surface area (Å²) in [4.78, 5) is 18.2. The number of benzene rings is 1. The Hall–Kier alpha value is -3.55. The molecule has 8 nitrogen and oxygen atoms in total. The molecule has 0 aliphatic heterocycles. The lowest BCUT2D eigenvalue weighted by Gasteiger charge is -2.17. The van der Waals surface area contributed by atoms with Gasteiger partial charge in [0, 0.05) is 35.3 Å². The van der Waals surface area contributed by atoms with E-state index in [1.54, 1.807) is 0 Å². The molecule has 0 radical (unpaired) electrons. The summed E-state index contributed by atoms with van der Waals surface area (Å²) >= 11 is 0. The van der Waals surface area contributed by atoms with Crippen molar-refractivity contribution in [3.63, 3.8) is 0 Å². The van der Waals surface area contributed by atoms with Gasteiger partial charge in [0.1, 0.15) is 0 Å². The highest BCUT2D eigenvalue weighted by Crippen LogP contribution is 2.53. The molecule has 5 rings (SSSR count). The standard InChI is InChI=1S/C27H33N7O/c1-5-6-9-20-17-34(24-14-23(24)27(2,3)4)26(35)33(20)16-19-13-12-18(15-28-19)21-10-7-8-11-22(21)25-29-31-32-30-25/h7-8,10-13,15,17,23-24H,5-6,9,14,16H2,1-4H3,(H,29,30,31,32). The molecule has 4 aromatic rings. The third-order valence-electron chi connectivity index (χ3n) is 7.08. The van der Waals surface area contributed by atoms with E-state index >= 15 is 0 Å². The Morgan fingerprint density at radius 3 is 2.54 bits per heavy atom. The molecule has 3 heterocycles. The number of rotatable bonds is 8. The third kappa shape index (κ3) is 4.70. The average Bonchev–Trinajstić information content (AvgIpc) is 3.37. The van der Waals surface area contributed by atoms with Crippen LogP contribution in [0.15, 0.2) is 53.6 Å². The average molecular weight is 472 g/mol. The van der Waals surface area contributed by atoms with Crippen LogP contribution in [0.4, 0.5) is 0 Å². The highest BCUT2D eigenvalue weighted by molar-refractivity contribution is 5.79. The van der Waals surface area contributed by atoms with E-state index in [-0.39, 0.29) is 11.1 Å². The lowest BCUT2D eigenvalue weighted by atomic mass is 9.90. The van der Waals surface area contributed by atoms with E-state index in [4.69, 9.17) is 4.98 Å². The van der Waals surface area contributed by atoms with E-state index in [1.165, 1.54) is 0 Å². The van der Waals surface area contributed by atoms with Gasteiger partial charge in [-0.25, -0.2) is 9.89 Å². The van der Waals surface area contributed by atoms with Gasteiger partial charge >= 0.3 is 5.69 Å². The van der Waals surface area contributed by atoms with Crippen LogP contribution < -0.4 is 5.69 Å². The summed E-state index contributed by atoms with van der Waals surface area (Å²) in [5.74, 6) is 1.17. The van der Waals surface area contributed by atoms with Gasteiger partial charge in [-0.3, -0.25) is 14.1 Å². The predicted octanol–water partition coefficient (Wildman–Crippen LogP) is 4.89. The van der Waals surface area contributed by atoms with Crippen molar-refractivity contribution in [2.24, 2.45) is 11.3 Å². The van der Waals surface area contributed by atoms with E-state index in [9.17, 15) is 4.79 Å². The molecule has 1 aliphatic rings. The molecule has 0 amide bonds. The number of aromatic amines is 1. The van der Waals surface area contributed by atoms with Crippen LogP contribution in [-0.2, 0) is 13.0 Å². The van der Waals surface area contributed by atoms with Gasteiger partial charge in [-0.1, -0.05) is 64.4 Å². The van der Waals surface area contributed by atoms with Crippen LogP contribution in [0.2, 0.25) is 0 Å². The molecule has 2 atom stereocenters. The van der Waals surface area contributed by atoms with Crippen LogP contribution in [0, 0.1) is 11.3 Å². The zero-order valence-electron chi connectivity index (χ0n) is 20.9. The molecule has 8 heteroatoms. The van der Waals surface area contributed by atoms with Crippen LogP contribution in [0.5, 0.6) is 0 Å². The Balaban J connectivity index is 1.42. The summed E-state index contributed by atoms with van der Waals surface area (Å²) < 4.78 is 3.90. The van der Waals surface area contributed by atoms with Crippen molar-refractivity contribution in [1.82, 2.24) is 34.7 Å². The molecular weight excluding hydrogens is 438 g/mol. The first-order chi connectivity index (χ1) is 16.9. The van der Waals surface area contributed by atoms with Crippen LogP contribution >= 0.6 is 0 Å². The van der Waals surface area contributed by atoms with Crippen molar-refractivity contribution < 1.29 is 0 Å². The highest BCUT2D eigenvalue weighted by Gasteiger charge is 2.47. The zero-order chi connectivity index (χ0) is 24.6. The molecule has 0 bridgehead atoms. The fraction of sp³-hybridized carbons (Fsp3) is 0.444. The van der Waals surface area contributed by atoms with Crippen molar-refractivity contribution in [2.45, 2.75) is 66.0 Å². The number of nitrogens with one attached hydrogen (secondary N) is 1. The number of hydrogen-bond acceptors (Lipinski definition) is 5. The molecule has 1 aliphatic carbocycles. The largest absolute Gasteiger partial charge is 0.328 e. The molecule has 1 fully saturated rings. The van der Waals surface area contributed by atoms with Crippen molar-refractivity contribution >= 4 is 0 Å². The van der Waals surface area contributed by atoms with Crippen LogP contribution in [0.3, 0.4) is 0 Å². The number of unbranched alkanes of at least 4 members (excludes halogenated alkanes) is 1. The number of aromatic nitrogens is 7. The second-order valence-electron chi connectivity index (χ2n) is 10.6. The van der Waals surface area contributed by atoms with Gasteiger partial charge in [0.25, 0.3) is 0 Å². The number of imidazole rings is 1. The van der Waals surface area contributed by atoms with Gasteiger partial charge in [0.05, 0.1) is 12.2 Å². The van der Waals surface area contributed by atoms with Crippen molar-refractivity contribution in [1.29, 1.82) is 0 Å². The molecule has 35 heavy (non-hydrogen) atoms. The SMILES string of the molecule is CCCCc1cn(C2CC2C(C)(C)C)c(=O)n1Cc1ccc(-c2ccccc2-c2nnn[nH]2)cn1. The Morgan fingerprint density at radius 2 is 1.91 bits per heavy atom. The first kappa shape index (κ1) is 23.2. The quantitative estimate of drug-likeness (QED) is 0.395. The summed E-state index contributed by atoms with van der Waals surface area (Å²) in [5.41, 5.74) is 5.16. The molecule has 182 valence electrons. The summed E-state index contributed by atoms with van der Waals surface area (Å²) in [6.45, 7) is 9.45. The van der Waals surface area contributed by atoms with Gasteiger partial charge in [0.2, 0.25) is 0 Å². The van der Waals surface area contributed by atoms with Gasteiger partial charge in [-0.15, -0.1) is 5.10 Å². The normalized spacial score (nSPS) is 17.6. The number of pyridine rings is 1. The van der Waals surface area contributed by atoms with E-state index in [1.807, 2.05) is 45.7 Å². The number of hydrogen-bond donors (Lipinski definition) is 1. The topological polar surface area (TPSA) is 94.3 Å². The van der Waals surface area contributed by atoms with E-state index in [0.29, 0.717) is 24.3 Å². The summed E-state index contributed by atoms with van der Waals surface area (Å²) in [5, 5.41) is 14.3. The molecule has 3 aromatic heterocycles. The van der Waals surface area contributed by atoms with Crippen molar-refractivity contribution in [2.75, 3.05) is 0 Å². The molecule has 1 N–H and O–H groups in total. The zero-order valence-corrected chi connectivity index (χ0v) is 20.9. The lowest BCUT2D eigenvalue weighted by Crippen LogP contribution is -2.26. The maximum absolute atomic E-state index is 13.5. The molecule has 1 aromatic carbocycles. The van der Waals surface area contributed by atoms with Gasteiger partial charge in [-0.05, 0) is 52.7 Å². The molecular formula is C27H33N7O. The van der Waals surface area contributed by atoms with Crippen molar-refractivity contribution in [3.05, 3.63) is 70.7 Å². The monoisotopic (exact) mass is 471 g/mol. The smallest absolute Gasteiger partial charge is 0.296 e. The minimum atomic E-state index is 0.0851. The molecule has 0 spiro atoms. The Morgan fingerprint density at radius 1 is 1.11 bits per heavy atom. The summed E-state index contributed by atoms with van der Waals surface area (Å²) in [6.07, 6.45) is 8.11. The highest BCUT2D eigenvalue weighted by atomic mass is 16.1. The number of aryl methyl sites for hydroxylation is 1. The van der Waals surface area contributed by atoms with Gasteiger partial charge < -0.3 is 0 Å². The van der Waals surface area contributed by atoms with Crippen LogP contribution in [0.1, 0.15) is 64.4 Å². The first-order valence-corrected chi connectivity index (χ1v) is 12.5. The Bertz CT molecular complexity index is 1340. The predicted molar refractivity (Wildman–Crippen MR) is 136 cm³/mol. The number of tetrazole rings is 1.